The van der Waals surface area contributed by atoms with Gasteiger partial charge in [0, 0.05) is 19.0 Å². The summed E-state index contributed by atoms with van der Waals surface area (Å²) >= 11 is 0. The molecule has 0 bridgehead atoms. The molecule has 0 radical (unpaired) electrons. The lowest BCUT2D eigenvalue weighted by atomic mass is 10.4. The number of carbonyl (C=O) groups excluding carboxylic acids is 1. The maximum absolute atomic E-state index is 11.7. The van der Waals surface area contributed by atoms with Crippen molar-refractivity contribution in [2.75, 3.05) is 26.2 Å². The number of hydrogen-bond acceptors (Lipinski definition) is 5. The van der Waals surface area contributed by atoms with Crippen LogP contribution in [0.25, 0.3) is 0 Å². The molecule has 1 aliphatic carbocycles. The Hall–Kier alpha value is -1.43. The molecule has 0 aromatic carbocycles. The van der Waals surface area contributed by atoms with E-state index in [1.54, 1.807) is 0 Å². The molecule has 0 atom stereocenters. The Kier molecular flexibility index (Phi) is 4.30. The monoisotopic (exact) mass is 252 g/mol. The fourth-order valence-electron chi connectivity index (χ4n) is 1.78. The van der Waals surface area contributed by atoms with Gasteiger partial charge in [0.15, 0.2) is 5.82 Å². The van der Waals surface area contributed by atoms with E-state index in [0.717, 1.165) is 32.5 Å². The normalized spacial score (nSPS) is 15.1. The molecule has 1 aromatic heterocycles. The average molecular weight is 252 g/mol. The molecule has 0 unspecified atom stereocenters. The fourth-order valence-corrected chi connectivity index (χ4v) is 1.78. The first-order valence-electron chi connectivity index (χ1n) is 6.58. The third-order valence-corrected chi connectivity index (χ3v) is 3.19. The van der Waals surface area contributed by atoms with Crippen molar-refractivity contribution in [1.29, 1.82) is 0 Å². The molecular formula is C12H20N4O2. The van der Waals surface area contributed by atoms with Crippen LogP contribution in [0.3, 0.4) is 0 Å². The second kappa shape index (κ2) is 5.95. The van der Waals surface area contributed by atoms with E-state index in [9.17, 15) is 4.79 Å². The topological polar surface area (TPSA) is 71.3 Å². The summed E-state index contributed by atoms with van der Waals surface area (Å²) in [5.41, 5.74) is 0. The van der Waals surface area contributed by atoms with E-state index < -0.39 is 0 Å². The van der Waals surface area contributed by atoms with Crippen LogP contribution < -0.4 is 5.32 Å². The van der Waals surface area contributed by atoms with Crippen LogP contribution in [0.2, 0.25) is 0 Å². The molecule has 2 rings (SSSR count). The Labute approximate surface area is 107 Å². The number of nitrogens with one attached hydrogen (secondary N) is 1. The molecule has 0 aliphatic heterocycles. The van der Waals surface area contributed by atoms with Gasteiger partial charge in [-0.2, -0.15) is 4.98 Å². The first-order chi connectivity index (χ1) is 8.74. The van der Waals surface area contributed by atoms with Crippen molar-refractivity contribution >= 4 is 5.91 Å². The first-order valence-corrected chi connectivity index (χ1v) is 6.58. The zero-order chi connectivity index (χ0) is 13.0. The summed E-state index contributed by atoms with van der Waals surface area (Å²) in [4.78, 5) is 18.1. The van der Waals surface area contributed by atoms with Crippen molar-refractivity contribution < 1.29 is 9.32 Å². The highest BCUT2D eigenvalue weighted by Crippen LogP contribution is 2.37. The zero-order valence-electron chi connectivity index (χ0n) is 11.0. The summed E-state index contributed by atoms with van der Waals surface area (Å²) in [7, 11) is 0. The van der Waals surface area contributed by atoms with E-state index in [1.165, 1.54) is 0 Å². The van der Waals surface area contributed by atoms with Gasteiger partial charge >= 0.3 is 11.8 Å². The van der Waals surface area contributed by atoms with Gasteiger partial charge in [-0.25, -0.2) is 0 Å². The lowest BCUT2D eigenvalue weighted by molar-refractivity contribution is 0.0905. The van der Waals surface area contributed by atoms with Crippen molar-refractivity contribution in [2.24, 2.45) is 0 Å². The molecule has 1 aliphatic rings. The number of hydrogen-bond donors (Lipinski definition) is 1. The molecular weight excluding hydrogens is 232 g/mol. The molecule has 6 nitrogen and oxygen atoms in total. The number of amides is 1. The Morgan fingerprint density at radius 3 is 2.78 bits per heavy atom. The standard InChI is InChI=1S/C12H20N4O2/c1-3-16(4-2)8-7-13-11(17)12-14-10(15-18-12)9-5-6-9/h9H,3-8H2,1-2H3,(H,13,17). The van der Waals surface area contributed by atoms with Crippen molar-refractivity contribution in [2.45, 2.75) is 32.6 Å². The van der Waals surface area contributed by atoms with E-state index in [1.807, 2.05) is 0 Å². The van der Waals surface area contributed by atoms with Crippen LogP contribution in [-0.2, 0) is 0 Å². The number of aromatic nitrogens is 2. The van der Waals surface area contributed by atoms with Gasteiger partial charge in [-0.3, -0.25) is 4.79 Å². The van der Waals surface area contributed by atoms with Crippen LogP contribution in [0.1, 0.15) is 49.1 Å². The molecule has 1 saturated carbocycles. The van der Waals surface area contributed by atoms with Crippen molar-refractivity contribution in [3.8, 4) is 0 Å². The highest BCUT2D eigenvalue weighted by atomic mass is 16.5. The Bertz CT molecular complexity index is 397. The van der Waals surface area contributed by atoms with Crippen LogP contribution in [0.5, 0.6) is 0 Å². The maximum atomic E-state index is 11.7. The summed E-state index contributed by atoms with van der Waals surface area (Å²) in [6, 6.07) is 0. The molecule has 1 aromatic rings. The van der Waals surface area contributed by atoms with Crippen LogP contribution >= 0.6 is 0 Å². The van der Waals surface area contributed by atoms with Gasteiger partial charge in [-0.05, 0) is 25.9 Å². The van der Waals surface area contributed by atoms with Crippen LogP contribution in [0.4, 0.5) is 0 Å². The maximum Gasteiger partial charge on any atom is 0.315 e. The van der Waals surface area contributed by atoms with Gasteiger partial charge in [-0.15, -0.1) is 0 Å². The molecule has 1 fully saturated rings. The van der Waals surface area contributed by atoms with Crippen LogP contribution in [0, 0.1) is 0 Å². The minimum absolute atomic E-state index is 0.0800. The Morgan fingerprint density at radius 2 is 2.17 bits per heavy atom. The van der Waals surface area contributed by atoms with Gasteiger partial charge in [-0.1, -0.05) is 19.0 Å². The average Bonchev–Trinajstić information content (AvgIpc) is 3.12. The molecule has 0 saturated heterocycles. The zero-order valence-corrected chi connectivity index (χ0v) is 11.0. The molecule has 6 heteroatoms. The minimum Gasteiger partial charge on any atom is -0.347 e. The van der Waals surface area contributed by atoms with E-state index in [2.05, 4.69) is 34.2 Å². The van der Waals surface area contributed by atoms with Gasteiger partial charge in [0.1, 0.15) is 0 Å². The number of likely N-dealkylation sites (N-methyl/N-ethyl adjacent to an activating group) is 1. The van der Waals surface area contributed by atoms with Crippen molar-refractivity contribution in [3.63, 3.8) is 0 Å². The third kappa shape index (κ3) is 3.29. The summed E-state index contributed by atoms with van der Waals surface area (Å²) in [5, 5.41) is 6.61. The predicted octanol–water partition coefficient (Wildman–Crippen LogP) is 1.02. The number of carbonyl (C=O) groups is 1. The SMILES string of the molecule is CCN(CC)CCNC(=O)c1nc(C2CC2)no1. The number of rotatable bonds is 7. The summed E-state index contributed by atoms with van der Waals surface area (Å²) < 4.78 is 4.95. The van der Waals surface area contributed by atoms with Gasteiger partial charge in [0.05, 0.1) is 0 Å². The summed E-state index contributed by atoms with van der Waals surface area (Å²) in [6.07, 6.45) is 2.20. The molecule has 18 heavy (non-hydrogen) atoms. The molecule has 1 N–H and O–H groups in total. The molecule has 0 spiro atoms. The summed E-state index contributed by atoms with van der Waals surface area (Å²) in [6.45, 7) is 7.61. The second-order valence-electron chi connectivity index (χ2n) is 4.51. The quantitative estimate of drug-likeness (QED) is 0.784. The number of nitrogens with zero attached hydrogens (tertiary/aromatic N) is 3. The van der Waals surface area contributed by atoms with Gasteiger partial charge in [0.25, 0.3) is 0 Å². The largest absolute Gasteiger partial charge is 0.347 e. The predicted molar refractivity (Wildman–Crippen MR) is 66.4 cm³/mol. The third-order valence-electron chi connectivity index (χ3n) is 3.19. The van der Waals surface area contributed by atoms with Crippen LogP contribution in [-0.4, -0.2) is 47.1 Å². The van der Waals surface area contributed by atoms with Crippen molar-refractivity contribution in [1.82, 2.24) is 20.4 Å². The lowest BCUT2D eigenvalue weighted by Gasteiger charge is -2.17. The fraction of sp³-hybridized carbons (Fsp3) is 0.750. The molecule has 1 amide bonds. The summed E-state index contributed by atoms with van der Waals surface area (Å²) in [5.74, 6) is 0.882. The van der Waals surface area contributed by atoms with Gasteiger partial charge in [0.2, 0.25) is 0 Å². The minimum atomic E-state index is -0.276. The Balaban J connectivity index is 1.76. The highest BCUT2D eigenvalue weighted by Gasteiger charge is 2.29. The lowest BCUT2D eigenvalue weighted by Crippen LogP contribution is -2.34. The van der Waals surface area contributed by atoms with E-state index in [-0.39, 0.29) is 11.8 Å². The smallest absolute Gasteiger partial charge is 0.315 e. The van der Waals surface area contributed by atoms with Crippen molar-refractivity contribution in [3.05, 3.63) is 11.7 Å². The highest BCUT2D eigenvalue weighted by molar-refractivity contribution is 5.89. The molecule has 100 valence electrons. The van der Waals surface area contributed by atoms with E-state index in [4.69, 9.17) is 4.52 Å². The second-order valence-corrected chi connectivity index (χ2v) is 4.51. The first kappa shape index (κ1) is 13.0. The van der Waals surface area contributed by atoms with Gasteiger partial charge < -0.3 is 14.7 Å². The van der Waals surface area contributed by atoms with Crippen LogP contribution in [0.15, 0.2) is 4.52 Å². The Morgan fingerprint density at radius 1 is 1.44 bits per heavy atom. The van der Waals surface area contributed by atoms with E-state index >= 15 is 0 Å². The molecule has 1 heterocycles. The van der Waals surface area contributed by atoms with E-state index in [0.29, 0.717) is 18.3 Å².